The van der Waals surface area contributed by atoms with Crippen molar-refractivity contribution in [2.45, 2.75) is 116 Å². The molecule has 1 atom stereocenters. The molecule has 0 bridgehead atoms. The van der Waals surface area contributed by atoms with Crippen LogP contribution in [0.5, 0.6) is 0 Å². The molecule has 330 valence electrons. The van der Waals surface area contributed by atoms with Crippen molar-refractivity contribution < 1.29 is 33.0 Å². The summed E-state index contributed by atoms with van der Waals surface area (Å²) >= 11 is 0. The SMILES string of the molecule is CC(C)(C)OC(=O)N[C@@H](C(=O)N1CCC(OC2CCN(CC(=O)N3CCN(C(=O)c4cc(Cc5n[nH]c(=O)c6ccccc56)ccc4F)CC3)CC2)CC1)C1(C)CCCCC1. The van der Waals surface area contributed by atoms with Crippen LogP contribution in [0.25, 0.3) is 10.8 Å². The van der Waals surface area contributed by atoms with Crippen molar-refractivity contribution >= 4 is 34.6 Å². The molecule has 61 heavy (non-hydrogen) atoms. The summed E-state index contributed by atoms with van der Waals surface area (Å²) in [5.41, 5.74) is 0.0302. The molecule has 0 spiro atoms. The molecule has 4 amide bonds. The Kier molecular flexibility index (Phi) is 13.8. The van der Waals surface area contributed by atoms with Crippen LogP contribution >= 0.6 is 0 Å². The molecule has 4 fully saturated rings. The molecule has 3 aliphatic heterocycles. The van der Waals surface area contributed by atoms with E-state index in [1.54, 1.807) is 34.1 Å². The standard InChI is InChI=1S/C46H62FN7O7/c1-45(2,3)61-44(59)48-40(46(4)18-8-5-9-19-46)43(58)53-22-16-33(17-23-53)60-32-14-20-51(21-15-32)30-39(55)52-24-26-54(27-25-52)42(57)36-28-31(12-13-37(36)47)29-38-34-10-6-7-11-35(34)41(56)50-49-38/h6-7,10-13,28,32-33,40H,5,8-9,14-27,29-30H2,1-4H3,(H,48,59)(H,50,56)/t40-/m0/s1. The molecular formula is C46H62FN7O7. The van der Waals surface area contributed by atoms with Crippen LogP contribution in [0.1, 0.15) is 107 Å². The van der Waals surface area contributed by atoms with E-state index >= 15 is 4.39 Å². The number of aromatic nitrogens is 2. The van der Waals surface area contributed by atoms with E-state index in [9.17, 15) is 24.0 Å². The number of H-pyrrole nitrogens is 1. The zero-order valence-electron chi connectivity index (χ0n) is 36.2. The van der Waals surface area contributed by atoms with Gasteiger partial charge in [-0.1, -0.05) is 50.5 Å². The van der Waals surface area contributed by atoms with Crippen LogP contribution in [-0.2, 0) is 25.5 Å². The van der Waals surface area contributed by atoms with E-state index in [0.29, 0.717) is 74.3 Å². The molecule has 7 rings (SSSR count). The number of halogens is 1. The molecule has 15 heteroatoms. The lowest BCUT2D eigenvalue weighted by Crippen LogP contribution is -2.58. The Balaban J connectivity index is 0.834. The highest BCUT2D eigenvalue weighted by Gasteiger charge is 2.44. The fourth-order valence-corrected chi connectivity index (χ4v) is 9.44. The van der Waals surface area contributed by atoms with Gasteiger partial charge in [0.25, 0.3) is 11.5 Å². The number of nitrogens with zero attached hydrogens (tertiary/aromatic N) is 5. The maximum Gasteiger partial charge on any atom is 0.408 e. The Morgan fingerprint density at radius 3 is 2.13 bits per heavy atom. The Morgan fingerprint density at radius 2 is 1.48 bits per heavy atom. The summed E-state index contributed by atoms with van der Waals surface area (Å²) in [4.78, 5) is 73.4. The van der Waals surface area contributed by atoms with E-state index in [4.69, 9.17) is 9.47 Å². The Bertz CT molecular complexity index is 2110. The van der Waals surface area contributed by atoms with Gasteiger partial charge in [0.1, 0.15) is 17.5 Å². The minimum atomic E-state index is -0.656. The minimum Gasteiger partial charge on any atom is -0.444 e. The quantitative estimate of drug-likeness (QED) is 0.278. The monoisotopic (exact) mass is 843 g/mol. The Hall–Kier alpha value is -4.89. The normalized spacial score (nSPS) is 20.0. The number of fused-ring (bicyclic) bond motifs is 1. The summed E-state index contributed by atoms with van der Waals surface area (Å²) in [7, 11) is 0. The van der Waals surface area contributed by atoms with Gasteiger partial charge in [0.2, 0.25) is 11.8 Å². The first-order valence-electron chi connectivity index (χ1n) is 22.1. The van der Waals surface area contributed by atoms with Gasteiger partial charge < -0.3 is 29.5 Å². The van der Waals surface area contributed by atoms with E-state index < -0.39 is 29.5 Å². The number of piperidine rings is 2. The van der Waals surface area contributed by atoms with Crippen molar-refractivity contribution in [1.29, 1.82) is 0 Å². The maximum absolute atomic E-state index is 15.0. The van der Waals surface area contributed by atoms with Crippen molar-refractivity contribution in [3.63, 3.8) is 0 Å². The number of hydrogen-bond donors (Lipinski definition) is 2. The van der Waals surface area contributed by atoms with Gasteiger partial charge in [0.05, 0.1) is 35.4 Å². The average Bonchev–Trinajstić information content (AvgIpc) is 3.24. The molecule has 2 N–H and O–H groups in total. The van der Waals surface area contributed by atoms with Gasteiger partial charge in [-0.2, -0.15) is 5.10 Å². The van der Waals surface area contributed by atoms with E-state index in [2.05, 4.69) is 27.3 Å². The highest BCUT2D eigenvalue weighted by atomic mass is 19.1. The Labute approximate surface area is 357 Å². The highest BCUT2D eigenvalue weighted by Crippen LogP contribution is 2.40. The number of piperazine rings is 1. The molecule has 3 saturated heterocycles. The molecule has 2 aromatic carbocycles. The van der Waals surface area contributed by atoms with Gasteiger partial charge in [0.15, 0.2) is 0 Å². The first kappa shape index (κ1) is 44.2. The predicted octanol–water partition coefficient (Wildman–Crippen LogP) is 5.27. The lowest BCUT2D eigenvalue weighted by Gasteiger charge is -2.43. The second kappa shape index (κ2) is 19.0. The van der Waals surface area contributed by atoms with Crippen molar-refractivity contribution in [1.82, 2.24) is 35.1 Å². The summed E-state index contributed by atoms with van der Waals surface area (Å²) in [5.74, 6) is -1.05. The van der Waals surface area contributed by atoms with Crippen molar-refractivity contribution in [3.05, 3.63) is 75.5 Å². The molecule has 1 saturated carbocycles. The molecule has 0 unspecified atom stereocenters. The first-order valence-corrected chi connectivity index (χ1v) is 22.1. The van der Waals surface area contributed by atoms with E-state index in [0.717, 1.165) is 70.9 Å². The maximum atomic E-state index is 15.0. The van der Waals surface area contributed by atoms with Gasteiger partial charge in [-0.3, -0.25) is 24.1 Å². The summed E-state index contributed by atoms with van der Waals surface area (Å²) in [6, 6.07) is 11.0. The third-order valence-electron chi connectivity index (χ3n) is 13.0. The number of benzene rings is 2. The third-order valence-corrected chi connectivity index (χ3v) is 13.0. The number of carbonyl (C=O) groups excluding carboxylic acids is 4. The number of hydrogen-bond acceptors (Lipinski definition) is 9. The molecule has 0 radical (unpaired) electrons. The summed E-state index contributed by atoms with van der Waals surface area (Å²) in [6.45, 7) is 11.9. The zero-order chi connectivity index (χ0) is 43.3. The number of nitrogens with one attached hydrogen (secondary N) is 2. The smallest absolute Gasteiger partial charge is 0.408 e. The van der Waals surface area contributed by atoms with Crippen LogP contribution in [0.15, 0.2) is 47.3 Å². The van der Waals surface area contributed by atoms with E-state index in [1.807, 2.05) is 37.8 Å². The van der Waals surface area contributed by atoms with Crippen LogP contribution in [-0.4, -0.2) is 136 Å². The van der Waals surface area contributed by atoms with E-state index in [1.165, 1.54) is 6.07 Å². The van der Waals surface area contributed by atoms with Gasteiger partial charge in [-0.15, -0.1) is 0 Å². The van der Waals surface area contributed by atoms with Crippen LogP contribution < -0.4 is 10.9 Å². The Morgan fingerprint density at radius 1 is 0.852 bits per heavy atom. The number of likely N-dealkylation sites (tertiary alicyclic amines) is 2. The summed E-state index contributed by atoms with van der Waals surface area (Å²) in [6.07, 6.45) is 7.98. The number of amides is 4. The zero-order valence-corrected chi connectivity index (χ0v) is 36.2. The molecular weight excluding hydrogens is 782 g/mol. The molecule has 4 heterocycles. The molecule has 14 nitrogen and oxygen atoms in total. The second-order valence-corrected chi connectivity index (χ2v) is 18.6. The van der Waals surface area contributed by atoms with Crippen molar-refractivity contribution in [2.75, 3.05) is 58.9 Å². The van der Waals surface area contributed by atoms with Crippen LogP contribution in [0, 0.1) is 11.2 Å². The van der Waals surface area contributed by atoms with Crippen LogP contribution in [0.3, 0.4) is 0 Å². The van der Waals surface area contributed by atoms with E-state index in [-0.39, 0.29) is 40.6 Å². The molecule has 3 aromatic rings. The third kappa shape index (κ3) is 11.0. The number of alkyl carbamates (subject to hydrolysis) is 1. The molecule has 1 aliphatic carbocycles. The summed E-state index contributed by atoms with van der Waals surface area (Å²) in [5, 5.41) is 10.9. The first-order chi connectivity index (χ1) is 29.2. The van der Waals surface area contributed by atoms with Gasteiger partial charge in [-0.05, 0) is 88.5 Å². The summed E-state index contributed by atoms with van der Waals surface area (Å²) < 4.78 is 27.2. The number of rotatable bonds is 10. The van der Waals surface area contributed by atoms with Crippen molar-refractivity contribution in [3.8, 4) is 0 Å². The van der Waals surface area contributed by atoms with Gasteiger partial charge >= 0.3 is 6.09 Å². The minimum absolute atomic E-state index is 0.0128. The average molecular weight is 844 g/mol. The van der Waals surface area contributed by atoms with Gasteiger partial charge in [-0.25, -0.2) is 14.3 Å². The van der Waals surface area contributed by atoms with Crippen LogP contribution in [0.2, 0.25) is 0 Å². The fourth-order valence-electron chi connectivity index (χ4n) is 9.44. The topological polar surface area (TPSA) is 157 Å². The van der Waals surface area contributed by atoms with Crippen molar-refractivity contribution in [2.24, 2.45) is 5.41 Å². The lowest BCUT2D eigenvalue weighted by molar-refractivity contribution is -0.142. The highest BCUT2D eigenvalue weighted by molar-refractivity contribution is 5.95. The fraction of sp³-hybridized carbons (Fsp3) is 0.609. The second-order valence-electron chi connectivity index (χ2n) is 18.6. The molecule has 1 aromatic heterocycles. The number of ether oxygens (including phenoxy) is 2. The number of aromatic amines is 1. The number of carbonyl (C=O) groups is 4. The largest absolute Gasteiger partial charge is 0.444 e. The van der Waals surface area contributed by atoms with Crippen LogP contribution in [0.4, 0.5) is 9.18 Å². The molecule has 4 aliphatic rings. The van der Waals surface area contributed by atoms with Gasteiger partial charge in [0, 0.05) is 64.2 Å². The predicted molar refractivity (Wildman–Crippen MR) is 229 cm³/mol. The lowest BCUT2D eigenvalue weighted by atomic mass is 9.70.